The second-order valence-electron chi connectivity index (χ2n) is 4.70. The number of nitrogens with one attached hydrogen (secondary N) is 1. The third-order valence-corrected chi connectivity index (χ3v) is 3.24. The quantitative estimate of drug-likeness (QED) is 0.824. The number of aliphatic hydroxyl groups excluding tert-OH is 1. The van der Waals surface area contributed by atoms with Crippen molar-refractivity contribution < 1.29 is 19.4 Å². The maximum Gasteiger partial charge on any atom is 0.337 e. The highest BCUT2D eigenvalue weighted by molar-refractivity contribution is 5.94. The van der Waals surface area contributed by atoms with Crippen LogP contribution in [0.5, 0.6) is 0 Å². The van der Waals surface area contributed by atoms with Crippen molar-refractivity contribution in [1.82, 2.24) is 5.32 Å². The smallest absolute Gasteiger partial charge is 0.337 e. The van der Waals surface area contributed by atoms with Crippen LogP contribution in [-0.2, 0) is 9.53 Å². The molecule has 0 heterocycles. The lowest BCUT2D eigenvalue weighted by atomic mass is 10.0. The van der Waals surface area contributed by atoms with Crippen molar-refractivity contribution in [3.05, 3.63) is 71.8 Å². The Morgan fingerprint density at radius 1 is 1.00 bits per heavy atom. The SMILES string of the molecule is COC(=O)[C@@H](O)C(NC(=O)c1ccccc1)c1ccccc1. The minimum absolute atomic E-state index is 0.377. The van der Waals surface area contributed by atoms with Crippen LogP contribution in [0.1, 0.15) is 22.0 Å². The van der Waals surface area contributed by atoms with E-state index in [1.165, 1.54) is 7.11 Å². The standard InChI is InChI=1S/C17H17NO4/c1-22-17(21)15(19)14(12-8-4-2-5-9-12)18-16(20)13-10-6-3-7-11-13/h2-11,14-15,19H,1H3,(H,18,20)/t14?,15-/m0/s1. The average molecular weight is 299 g/mol. The summed E-state index contributed by atoms with van der Waals surface area (Å²) in [5.74, 6) is -1.18. The minimum Gasteiger partial charge on any atom is -0.467 e. The van der Waals surface area contributed by atoms with Crippen LogP contribution in [-0.4, -0.2) is 30.2 Å². The van der Waals surface area contributed by atoms with E-state index in [9.17, 15) is 14.7 Å². The monoisotopic (exact) mass is 299 g/mol. The van der Waals surface area contributed by atoms with Crippen LogP contribution in [0.3, 0.4) is 0 Å². The Labute approximate surface area is 128 Å². The van der Waals surface area contributed by atoms with Crippen LogP contribution >= 0.6 is 0 Å². The van der Waals surface area contributed by atoms with Gasteiger partial charge in [0.25, 0.3) is 5.91 Å². The van der Waals surface area contributed by atoms with Gasteiger partial charge in [0.2, 0.25) is 0 Å². The molecule has 2 N–H and O–H groups in total. The lowest BCUT2D eigenvalue weighted by Crippen LogP contribution is -2.40. The number of carbonyl (C=O) groups is 2. The summed E-state index contributed by atoms with van der Waals surface area (Å²) in [6.07, 6.45) is -1.49. The van der Waals surface area contributed by atoms with Gasteiger partial charge < -0.3 is 15.2 Å². The average Bonchev–Trinajstić information content (AvgIpc) is 2.59. The fraction of sp³-hybridized carbons (Fsp3) is 0.176. The molecule has 0 radical (unpaired) electrons. The largest absolute Gasteiger partial charge is 0.467 e. The summed E-state index contributed by atoms with van der Waals surface area (Å²) in [5.41, 5.74) is 1.06. The number of methoxy groups -OCH3 is 1. The van der Waals surface area contributed by atoms with Gasteiger partial charge in [0.15, 0.2) is 6.10 Å². The second kappa shape index (κ2) is 7.38. The molecule has 0 aliphatic carbocycles. The Bertz CT molecular complexity index is 628. The molecule has 0 spiro atoms. The molecule has 0 aliphatic rings. The zero-order valence-corrected chi connectivity index (χ0v) is 12.1. The number of rotatable bonds is 5. The molecular formula is C17H17NO4. The van der Waals surface area contributed by atoms with E-state index in [-0.39, 0.29) is 5.91 Å². The van der Waals surface area contributed by atoms with Crippen molar-refractivity contribution in [2.75, 3.05) is 7.11 Å². The van der Waals surface area contributed by atoms with E-state index in [2.05, 4.69) is 10.1 Å². The Morgan fingerprint density at radius 3 is 2.09 bits per heavy atom. The Balaban J connectivity index is 2.25. The zero-order chi connectivity index (χ0) is 15.9. The Hall–Kier alpha value is -2.66. The summed E-state index contributed by atoms with van der Waals surface area (Å²) in [6.45, 7) is 0. The Kier molecular flexibility index (Phi) is 5.27. The summed E-state index contributed by atoms with van der Waals surface area (Å²) in [4.78, 5) is 23.9. The molecule has 5 heteroatoms. The summed E-state index contributed by atoms with van der Waals surface area (Å²) in [7, 11) is 1.19. The van der Waals surface area contributed by atoms with Gasteiger partial charge in [-0.05, 0) is 17.7 Å². The third kappa shape index (κ3) is 3.71. The predicted octanol–water partition coefficient (Wildman–Crippen LogP) is 1.69. The molecule has 1 unspecified atom stereocenters. The topological polar surface area (TPSA) is 75.6 Å². The van der Waals surface area contributed by atoms with E-state index in [1.54, 1.807) is 54.6 Å². The normalized spacial score (nSPS) is 13.0. The van der Waals surface area contributed by atoms with Gasteiger partial charge in [-0.1, -0.05) is 48.5 Å². The minimum atomic E-state index is -1.49. The summed E-state index contributed by atoms with van der Waals surface area (Å²) >= 11 is 0. The first kappa shape index (κ1) is 15.7. The molecule has 2 aromatic rings. The highest BCUT2D eigenvalue weighted by atomic mass is 16.5. The number of aliphatic hydroxyl groups is 1. The van der Waals surface area contributed by atoms with Crippen molar-refractivity contribution in [3.8, 4) is 0 Å². The highest BCUT2D eigenvalue weighted by Gasteiger charge is 2.30. The molecule has 2 rings (SSSR count). The highest BCUT2D eigenvalue weighted by Crippen LogP contribution is 2.18. The van der Waals surface area contributed by atoms with Crippen LogP contribution in [0, 0.1) is 0 Å². The molecule has 2 atom stereocenters. The van der Waals surface area contributed by atoms with E-state index < -0.39 is 18.1 Å². The fourth-order valence-corrected chi connectivity index (χ4v) is 2.08. The van der Waals surface area contributed by atoms with Gasteiger partial charge >= 0.3 is 5.97 Å². The second-order valence-corrected chi connectivity index (χ2v) is 4.70. The number of hydrogen-bond donors (Lipinski definition) is 2. The molecule has 0 saturated heterocycles. The fourth-order valence-electron chi connectivity index (χ4n) is 2.08. The number of ether oxygens (including phenoxy) is 1. The van der Waals surface area contributed by atoms with Crippen molar-refractivity contribution in [3.63, 3.8) is 0 Å². The van der Waals surface area contributed by atoms with Crippen LogP contribution in [0.15, 0.2) is 60.7 Å². The first-order valence-electron chi connectivity index (χ1n) is 6.80. The molecule has 0 bridgehead atoms. The van der Waals surface area contributed by atoms with E-state index in [4.69, 9.17) is 0 Å². The van der Waals surface area contributed by atoms with Gasteiger partial charge in [-0.3, -0.25) is 4.79 Å². The van der Waals surface area contributed by atoms with E-state index >= 15 is 0 Å². The molecule has 114 valence electrons. The first-order valence-corrected chi connectivity index (χ1v) is 6.80. The molecule has 0 aliphatic heterocycles. The van der Waals surface area contributed by atoms with Gasteiger partial charge in [-0.15, -0.1) is 0 Å². The molecule has 0 fully saturated rings. The van der Waals surface area contributed by atoms with Crippen molar-refractivity contribution in [2.45, 2.75) is 12.1 Å². The van der Waals surface area contributed by atoms with Gasteiger partial charge in [-0.2, -0.15) is 0 Å². The molecule has 0 aromatic heterocycles. The lowest BCUT2D eigenvalue weighted by molar-refractivity contribution is -0.151. The predicted molar refractivity (Wildman–Crippen MR) is 81.1 cm³/mol. The molecule has 2 aromatic carbocycles. The van der Waals surface area contributed by atoms with Crippen LogP contribution in [0.2, 0.25) is 0 Å². The third-order valence-electron chi connectivity index (χ3n) is 3.24. The molecule has 5 nitrogen and oxygen atoms in total. The maximum atomic E-state index is 12.3. The number of hydrogen-bond acceptors (Lipinski definition) is 4. The summed E-state index contributed by atoms with van der Waals surface area (Å²) in [6, 6.07) is 16.5. The van der Waals surface area contributed by atoms with Crippen LogP contribution < -0.4 is 5.32 Å². The maximum absolute atomic E-state index is 12.3. The lowest BCUT2D eigenvalue weighted by Gasteiger charge is -2.23. The molecule has 1 amide bonds. The number of benzene rings is 2. The van der Waals surface area contributed by atoms with Crippen LogP contribution in [0.4, 0.5) is 0 Å². The van der Waals surface area contributed by atoms with Crippen LogP contribution in [0.25, 0.3) is 0 Å². The first-order chi connectivity index (χ1) is 10.6. The van der Waals surface area contributed by atoms with Crippen molar-refractivity contribution >= 4 is 11.9 Å². The number of carbonyl (C=O) groups excluding carboxylic acids is 2. The van der Waals surface area contributed by atoms with Crippen molar-refractivity contribution in [1.29, 1.82) is 0 Å². The van der Waals surface area contributed by atoms with E-state index in [1.807, 2.05) is 6.07 Å². The van der Waals surface area contributed by atoms with Gasteiger partial charge in [0, 0.05) is 5.56 Å². The Morgan fingerprint density at radius 2 is 1.55 bits per heavy atom. The van der Waals surface area contributed by atoms with Gasteiger partial charge in [-0.25, -0.2) is 4.79 Å². The molecule has 22 heavy (non-hydrogen) atoms. The zero-order valence-electron chi connectivity index (χ0n) is 12.1. The van der Waals surface area contributed by atoms with Gasteiger partial charge in [0.05, 0.1) is 13.2 Å². The molecule has 0 saturated carbocycles. The van der Waals surface area contributed by atoms with Crippen molar-refractivity contribution in [2.24, 2.45) is 0 Å². The van der Waals surface area contributed by atoms with Gasteiger partial charge in [0.1, 0.15) is 0 Å². The summed E-state index contributed by atoms with van der Waals surface area (Å²) < 4.78 is 4.56. The number of esters is 1. The van der Waals surface area contributed by atoms with E-state index in [0.717, 1.165) is 0 Å². The molecular weight excluding hydrogens is 282 g/mol. The van der Waals surface area contributed by atoms with E-state index in [0.29, 0.717) is 11.1 Å². The summed E-state index contributed by atoms with van der Waals surface area (Å²) in [5, 5.41) is 12.8. The number of amides is 1.